The second-order valence-corrected chi connectivity index (χ2v) is 9.33. The van der Waals surface area contributed by atoms with Gasteiger partial charge in [-0.3, -0.25) is 18.8 Å². The molecule has 2 aromatic heterocycles. The summed E-state index contributed by atoms with van der Waals surface area (Å²) >= 11 is 1.18. The summed E-state index contributed by atoms with van der Waals surface area (Å²) in [7, 11) is 1.82. The predicted molar refractivity (Wildman–Crippen MR) is 121 cm³/mol. The number of rotatable bonds is 7. The van der Waals surface area contributed by atoms with Gasteiger partial charge in [0, 0.05) is 26.3 Å². The molecule has 2 fully saturated rings. The maximum atomic E-state index is 13.2. The smallest absolute Gasteiger partial charge is 0.335 e. The van der Waals surface area contributed by atoms with Crippen molar-refractivity contribution in [3.8, 4) is 11.5 Å². The van der Waals surface area contributed by atoms with E-state index in [2.05, 4.69) is 15.3 Å². The van der Waals surface area contributed by atoms with Crippen molar-refractivity contribution >= 4 is 35.2 Å². The van der Waals surface area contributed by atoms with Crippen LogP contribution in [-0.4, -0.2) is 65.4 Å². The fraction of sp³-hybridized carbons (Fsp3) is 0.364. The quantitative estimate of drug-likeness (QED) is 0.502. The number of anilines is 1. The minimum atomic E-state index is -1.13. The van der Waals surface area contributed by atoms with Crippen molar-refractivity contribution in [3.05, 3.63) is 42.1 Å². The van der Waals surface area contributed by atoms with E-state index in [1.165, 1.54) is 30.0 Å². The molecule has 5 rings (SSSR count). The second-order valence-electron chi connectivity index (χ2n) is 8.16. The summed E-state index contributed by atoms with van der Waals surface area (Å²) in [6.07, 6.45) is 3.70. The van der Waals surface area contributed by atoms with E-state index in [1.54, 1.807) is 10.7 Å². The van der Waals surface area contributed by atoms with E-state index in [9.17, 15) is 19.5 Å². The van der Waals surface area contributed by atoms with Crippen molar-refractivity contribution in [3.63, 3.8) is 0 Å². The van der Waals surface area contributed by atoms with Crippen molar-refractivity contribution in [1.29, 1.82) is 0 Å². The molecule has 3 aromatic rings. The first-order valence-corrected chi connectivity index (χ1v) is 11.7. The minimum absolute atomic E-state index is 0.00510. The van der Waals surface area contributed by atoms with E-state index in [4.69, 9.17) is 4.74 Å². The van der Waals surface area contributed by atoms with Gasteiger partial charge in [0.05, 0.1) is 23.9 Å². The third kappa shape index (κ3) is 4.21. The topological polar surface area (TPSA) is 132 Å². The Hall–Kier alpha value is -3.51. The maximum Gasteiger partial charge on any atom is 0.335 e. The van der Waals surface area contributed by atoms with Crippen molar-refractivity contribution < 1.29 is 24.2 Å². The molecule has 0 bridgehead atoms. The lowest BCUT2D eigenvalue weighted by molar-refractivity contribution is -0.121. The Morgan fingerprint density at radius 3 is 2.82 bits per heavy atom. The number of carboxylic acid groups (broad SMARTS) is 1. The van der Waals surface area contributed by atoms with Crippen molar-refractivity contribution in [2.45, 2.75) is 42.3 Å². The average molecular weight is 483 g/mol. The van der Waals surface area contributed by atoms with E-state index >= 15 is 0 Å². The van der Waals surface area contributed by atoms with Gasteiger partial charge in [-0.15, -0.1) is 10.2 Å². The molecule has 0 radical (unpaired) electrons. The number of ether oxygens (including phenoxy) is 1. The van der Waals surface area contributed by atoms with E-state index in [0.717, 1.165) is 17.7 Å². The molecule has 0 aliphatic carbocycles. The number of aromatic nitrogens is 5. The van der Waals surface area contributed by atoms with Crippen LogP contribution in [0.15, 0.2) is 41.7 Å². The predicted octanol–water partition coefficient (Wildman–Crippen LogP) is 1.98. The molecular formula is C22H22N6O5S. The third-order valence-electron chi connectivity index (χ3n) is 5.77. The number of amides is 2. The van der Waals surface area contributed by atoms with Gasteiger partial charge in [0.1, 0.15) is 10.9 Å². The van der Waals surface area contributed by atoms with Gasteiger partial charge in [-0.25, -0.2) is 9.69 Å². The number of carbonyl (C=O) groups is 3. The van der Waals surface area contributed by atoms with Crippen LogP contribution in [0.1, 0.15) is 29.6 Å². The Morgan fingerprint density at radius 1 is 1.26 bits per heavy atom. The van der Waals surface area contributed by atoms with E-state index < -0.39 is 17.1 Å². The molecule has 2 aliphatic heterocycles. The summed E-state index contributed by atoms with van der Waals surface area (Å²) in [6.45, 7) is 1.22. The van der Waals surface area contributed by atoms with E-state index in [1.807, 2.05) is 23.9 Å². The molecule has 2 amide bonds. The molecule has 1 aromatic carbocycles. The average Bonchev–Trinajstić information content (AvgIpc) is 3.59. The standard InChI is InChI=1S/C22H22N6O5S/c1-26-8-7-16(25-26)19-23-24-22(27(19)12-15-6-3-9-33-15)34-17-11-18(29)28(20(17)30)14-5-2-4-13(10-14)21(31)32/h2,4-5,7-8,10,15,17H,3,6,9,11-12H2,1H3,(H,31,32)/t15-,17+/m0/s1. The Labute approximate surface area is 198 Å². The molecular weight excluding hydrogens is 460 g/mol. The van der Waals surface area contributed by atoms with Crippen LogP contribution in [0.2, 0.25) is 0 Å². The van der Waals surface area contributed by atoms with Crippen molar-refractivity contribution in [2.75, 3.05) is 11.5 Å². The van der Waals surface area contributed by atoms with Gasteiger partial charge >= 0.3 is 5.97 Å². The number of thioether (sulfide) groups is 1. The normalized spacial score (nSPS) is 20.4. The highest BCUT2D eigenvalue weighted by atomic mass is 32.2. The Morgan fingerprint density at radius 2 is 2.12 bits per heavy atom. The van der Waals surface area contributed by atoms with Gasteiger partial charge in [-0.1, -0.05) is 17.8 Å². The van der Waals surface area contributed by atoms with Crippen molar-refractivity contribution in [2.24, 2.45) is 7.05 Å². The first-order valence-electron chi connectivity index (χ1n) is 10.8. The summed E-state index contributed by atoms with van der Waals surface area (Å²) in [5.74, 6) is -1.36. The fourth-order valence-electron chi connectivity index (χ4n) is 4.13. The molecule has 0 saturated carbocycles. The number of imide groups is 1. The highest BCUT2D eigenvalue weighted by molar-refractivity contribution is 8.00. The zero-order valence-corrected chi connectivity index (χ0v) is 19.1. The zero-order chi connectivity index (χ0) is 23.8. The highest BCUT2D eigenvalue weighted by Gasteiger charge is 2.41. The molecule has 4 heterocycles. The second kappa shape index (κ2) is 9.03. The van der Waals surface area contributed by atoms with Gasteiger partial charge in [0.15, 0.2) is 11.0 Å². The first-order chi connectivity index (χ1) is 16.4. The van der Waals surface area contributed by atoms with Crippen LogP contribution in [0.3, 0.4) is 0 Å². The number of hydrogen-bond acceptors (Lipinski definition) is 8. The van der Waals surface area contributed by atoms with Gasteiger partial charge < -0.3 is 9.84 Å². The molecule has 1 N–H and O–H groups in total. The Kier molecular flexibility index (Phi) is 5.92. The number of carbonyl (C=O) groups excluding carboxylic acids is 2. The van der Waals surface area contributed by atoms with E-state index in [-0.39, 0.29) is 29.7 Å². The summed E-state index contributed by atoms with van der Waals surface area (Å²) in [6, 6.07) is 7.64. The third-order valence-corrected chi connectivity index (χ3v) is 6.94. The van der Waals surface area contributed by atoms with Crippen LogP contribution in [0.4, 0.5) is 5.69 Å². The lowest BCUT2D eigenvalue weighted by Gasteiger charge is -2.16. The first kappa shape index (κ1) is 22.3. The Bertz CT molecular complexity index is 1260. The number of nitrogens with zero attached hydrogens (tertiary/aromatic N) is 6. The SMILES string of the molecule is Cn1ccc(-c2nnc(S[C@@H]3CC(=O)N(c4cccc(C(=O)O)c4)C3=O)n2C[C@@H]2CCCO2)n1. The largest absolute Gasteiger partial charge is 0.478 e. The van der Waals surface area contributed by atoms with Gasteiger partial charge in [0.25, 0.3) is 0 Å². The van der Waals surface area contributed by atoms with Gasteiger partial charge in [0.2, 0.25) is 11.8 Å². The molecule has 2 atom stereocenters. The fourth-order valence-corrected chi connectivity index (χ4v) is 5.19. The summed E-state index contributed by atoms with van der Waals surface area (Å²) < 4.78 is 9.38. The van der Waals surface area contributed by atoms with Crippen LogP contribution in [0, 0.1) is 0 Å². The van der Waals surface area contributed by atoms with Crippen LogP contribution in [0.25, 0.3) is 11.5 Å². The number of hydrogen-bond donors (Lipinski definition) is 1. The summed E-state index contributed by atoms with van der Waals surface area (Å²) in [4.78, 5) is 38.3. The molecule has 12 heteroatoms. The molecule has 11 nitrogen and oxygen atoms in total. The number of aryl methyl sites for hydroxylation is 1. The van der Waals surface area contributed by atoms with Crippen LogP contribution < -0.4 is 4.90 Å². The van der Waals surface area contributed by atoms with Crippen LogP contribution >= 0.6 is 11.8 Å². The highest BCUT2D eigenvalue weighted by Crippen LogP contribution is 2.35. The molecule has 176 valence electrons. The molecule has 0 unspecified atom stereocenters. The monoisotopic (exact) mass is 482 g/mol. The maximum absolute atomic E-state index is 13.2. The summed E-state index contributed by atoms with van der Waals surface area (Å²) in [5.41, 5.74) is 0.902. The lowest BCUT2D eigenvalue weighted by Crippen LogP contribution is -2.31. The molecule has 2 saturated heterocycles. The number of carboxylic acids is 1. The molecule has 0 spiro atoms. The van der Waals surface area contributed by atoms with Crippen LogP contribution in [0.5, 0.6) is 0 Å². The van der Waals surface area contributed by atoms with Gasteiger partial charge in [-0.2, -0.15) is 5.10 Å². The number of aromatic carboxylic acids is 1. The van der Waals surface area contributed by atoms with Crippen LogP contribution in [-0.2, 0) is 27.9 Å². The van der Waals surface area contributed by atoms with Gasteiger partial charge in [-0.05, 0) is 37.1 Å². The minimum Gasteiger partial charge on any atom is -0.478 e. The zero-order valence-electron chi connectivity index (χ0n) is 18.3. The lowest BCUT2D eigenvalue weighted by atomic mass is 10.2. The molecule has 34 heavy (non-hydrogen) atoms. The van der Waals surface area contributed by atoms with Crippen molar-refractivity contribution in [1.82, 2.24) is 24.5 Å². The Balaban J connectivity index is 1.42. The van der Waals surface area contributed by atoms with E-state index in [0.29, 0.717) is 29.8 Å². The summed E-state index contributed by atoms with van der Waals surface area (Å²) in [5, 5.41) is 22.1. The molecule has 2 aliphatic rings. The number of benzene rings is 1.